The van der Waals surface area contributed by atoms with Crippen molar-refractivity contribution in [2.45, 2.75) is 63.9 Å². The fraction of sp³-hybridized carbons (Fsp3) is 0.769. The number of hydrogen-bond donors (Lipinski definition) is 1. The summed E-state index contributed by atoms with van der Waals surface area (Å²) in [6.45, 7) is 0. The van der Waals surface area contributed by atoms with E-state index in [9.17, 15) is 9.90 Å². The van der Waals surface area contributed by atoms with Crippen molar-refractivity contribution >= 4 is 5.78 Å². The molecule has 0 radical (unpaired) electrons. The third-order valence-electron chi connectivity index (χ3n) is 2.94. The molecule has 0 amide bonds. The molecular weight excluding hydrogens is 188 g/mol. The van der Waals surface area contributed by atoms with Gasteiger partial charge in [0.15, 0.2) is 5.78 Å². The molecule has 1 unspecified atom stereocenters. The summed E-state index contributed by atoms with van der Waals surface area (Å²) in [5.74, 6) is 0.0302. The second-order valence-electron chi connectivity index (χ2n) is 4.34. The van der Waals surface area contributed by atoms with Crippen LogP contribution in [0.2, 0.25) is 0 Å². The minimum absolute atomic E-state index is 0.0302. The van der Waals surface area contributed by atoms with E-state index in [0.717, 1.165) is 25.7 Å². The van der Waals surface area contributed by atoms with Crippen molar-refractivity contribution in [2.24, 2.45) is 0 Å². The lowest BCUT2D eigenvalue weighted by Gasteiger charge is -2.07. The summed E-state index contributed by atoms with van der Waals surface area (Å²) in [7, 11) is 0. The van der Waals surface area contributed by atoms with E-state index in [1.54, 1.807) is 0 Å². The molecule has 0 saturated carbocycles. The Hall–Kier alpha value is -0.630. The lowest BCUT2D eigenvalue weighted by molar-refractivity contribution is -0.127. The molecule has 1 atom stereocenters. The standard InChI is InChI=1S/C13H22O2/c14-12-10-8-6-4-2-1-3-5-7-9-11-13(12)15/h4,6,12,14H,1-3,5,7-11H2/b6-4-. The van der Waals surface area contributed by atoms with Crippen molar-refractivity contribution in [1.82, 2.24) is 0 Å². The molecule has 0 heterocycles. The van der Waals surface area contributed by atoms with Gasteiger partial charge in [0, 0.05) is 6.42 Å². The predicted molar refractivity (Wildman–Crippen MR) is 61.7 cm³/mol. The lowest BCUT2D eigenvalue weighted by Crippen LogP contribution is -2.19. The van der Waals surface area contributed by atoms with Crippen LogP contribution >= 0.6 is 0 Å². The number of carbonyl (C=O) groups is 1. The van der Waals surface area contributed by atoms with Gasteiger partial charge in [0.2, 0.25) is 0 Å². The smallest absolute Gasteiger partial charge is 0.161 e. The van der Waals surface area contributed by atoms with Gasteiger partial charge < -0.3 is 5.11 Å². The topological polar surface area (TPSA) is 37.3 Å². The van der Waals surface area contributed by atoms with Gasteiger partial charge in [-0.2, -0.15) is 0 Å². The molecule has 0 bridgehead atoms. The first-order valence-electron chi connectivity index (χ1n) is 6.16. The van der Waals surface area contributed by atoms with Gasteiger partial charge in [-0.25, -0.2) is 0 Å². The maximum absolute atomic E-state index is 11.4. The van der Waals surface area contributed by atoms with Crippen molar-refractivity contribution in [2.75, 3.05) is 0 Å². The molecule has 86 valence electrons. The van der Waals surface area contributed by atoms with Crippen LogP contribution in [0.15, 0.2) is 12.2 Å². The third-order valence-corrected chi connectivity index (χ3v) is 2.94. The van der Waals surface area contributed by atoms with Crippen LogP contribution in [-0.2, 0) is 4.79 Å². The van der Waals surface area contributed by atoms with Crippen molar-refractivity contribution in [3.63, 3.8) is 0 Å². The van der Waals surface area contributed by atoms with E-state index in [0.29, 0.717) is 12.8 Å². The number of rotatable bonds is 0. The van der Waals surface area contributed by atoms with Crippen LogP contribution in [0.5, 0.6) is 0 Å². The van der Waals surface area contributed by atoms with Crippen LogP contribution in [0.3, 0.4) is 0 Å². The predicted octanol–water partition coefficient (Wildman–Crippen LogP) is 3.00. The normalized spacial score (nSPS) is 28.6. The average Bonchev–Trinajstić information content (AvgIpc) is 2.25. The Morgan fingerprint density at radius 1 is 1.00 bits per heavy atom. The number of allylic oxidation sites excluding steroid dienone is 2. The Morgan fingerprint density at radius 2 is 1.67 bits per heavy atom. The first kappa shape index (κ1) is 12.4. The van der Waals surface area contributed by atoms with E-state index in [2.05, 4.69) is 12.2 Å². The summed E-state index contributed by atoms with van der Waals surface area (Å²) in [6, 6.07) is 0. The molecule has 0 aromatic heterocycles. The number of hydrogen-bond acceptors (Lipinski definition) is 2. The van der Waals surface area contributed by atoms with Gasteiger partial charge in [-0.3, -0.25) is 4.79 Å². The molecule has 2 nitrogen and oxygen atoms in total. The van der Waals surface area contributed by atoms with Gasteiger partial charge >= 0.3 is 0 Å². The summed E-state index contributed by atoms with van der Waals surface area (Å²) in [6.07, 6.45) is 12.5. The number of aliphatic hydroxyl groups excluding tert-OH is 1. The Bertz CT molecular complexity index is 209. The number of aliphatic hydroxyl groups is 1. The summed E-state index contributed by atoms with van der Waals surface area (Å²) in [5.41, 5.74) is 0. The SMILES string of the molecule is O=C1CCCCCCC/C=C\CCC1O. The second-order valence-corrected chi connectivity index (χ2v) is 4.34. The number of Topliss-reactive ketones (excluding diaryl/α,β-unsaturated/α-hetero) is 1. The molecule has 0 fully saturated rings. The molecule has 0 saturated heterocycles. The molecule has 2 heteroatoms. The van der Waals surface area contributed by atoms with Crippen LogP contribution in [0.1, 0.15) is 57.8 Å². The van der Waals surface area contributed by atoms with Gasteiger partial charge in [0.05, 0.1) is 0 Å². The van der Waals surface area contributed by atoms with E-state index in [-0.39, 0.29) is 5.78 Å². The van der Waals surface area contributed by atoms with Gasteiger partial charge in [0.1, 0.15) is 6.10 Å². The Morgan fingerprint density at radius 3 is 2.53 bits per heavy atom. The van der Waals surface area contributed by atoms with Crippen molar-refractivity contribution < 1.29 is 9.90 Å². The van der Waals surface area contributed by atoms with Gasteiger partial charge in [-0.1, -0.05) is 31.4 Å². The van der Waals surface area contributed by atoms with Crippen molar-refractivity contribution in [1.29, 1.82) is 0 Å². The summed E-state index contributed by atoms with van der Waals surface area (Å²) in [4.78, 5) is 11.4. The quantitative estimate of drug-likeness (QED) is 0.624. The highest BCUT2D eigenvalue weighted by Crippen LogP contribution is 2.11. The maximum atomic E-state index is 11.4. The van der Waals surface area contributed by atoms with Crippen molar-refractivity contribution in [3.05, 3.63) is 12.2 Å². The highest BCUT2D eigenvalue weighted by atomic mass is 16.3. The van der Waals surface area contributed by atoms with Crippen LogP contribution in [-0.4, -0.2) is 17.0 Å². The van der Waals surface area contributed by atoms with E-state index in [4.69, 9.17) is 0 Å². The lowest BCUT2D eigenvalue weighted by atomic mass is 10.0. The average molecular weight is 210 g/mol. The Kier molecular flexibility index (Phi) is 6.33. The van der Waals surface area contributed by atoms with Crippen molar-refractivity contribution in [3.8, 4) is 0 Å². The number of carbonyl (C=O) groups excluding carboxylic acids is 1. The summed E-state index contributed by atoms with van der Waals surface area (Å²) < 4.78 is 0. The van der Waals surface area contributed by atoms with Crippen LogP contribution in [0, 0.1) is 0 Å². The first-order valence-corrected chi connectivity index (χ1v) is 6.16. The van der Waals surface area contributed by atoms with Crippen LogP contribution in [0.4, 0.5) is 0 Å². The fourth-order valence-corrected chi connectivity index (χ4v) is 1.91. The van der Waals surface area contributed by atoms with E-state index in [1.807, 2.05) is 0 Å². The molecule has 1 rings (SSSR count). The summed E-state index contributed by atoms with van der Waals surface area (Å²) >= 11 is 0. The highest BCUT2D eigenvalue weighted by Gasteiger charge is 2.13. The Labute approximate surface area is 92.4 Å². The molecule has 1 aliphatic rings. The maximum Gasteiger partial charge on any atom is 0.161 e. The molecule has 1 N–H and O–H groups in total. The van der Waals surface area contributed by atoms with Crippen LogP contribution in [0.25, 0.3) is 0 Å². The number of ketones is 1. The zero-order valence-electron chi connectivity index (χ0n) is 9.45. The zero-order valence-corrected chi connectivity index (χ0v) is 9.45. The minimum Gasteiger partial charge on any atom is -0.385 e. The summed E-state index contributed by atoms with van der Waals surface area (Å²) in [5, 5.41) is 9.55. The fourth-order valence-electron chi connectivity index (χ4n) is 1.91. The molecule has 0 aromatic carbocycles. The third kappa shape index (κ3) is 5.73. The van der Waals surface area contributed by atoms with Gasteiger partial charge in [-0.05, 0) is 32.1 Å². The molecule has 0 spiro atoms. The van der Waals surface area contributed by atoms with E-state index >= 15 is 0 Å². The Balaban J connectivity index is 2.35. The van der Waals surface area contributed by atoms with Gasteiger partial charge in [0.25, 0.3) is 0 Å². The molecule has 1 aliphatic carbocycles. The molecule has 15 heavy (non-hydrogen) atoms. The van der Waals surface area contributed by atoms with E-state index in [1.165, 1.54) is 19.3 Å². The highest BCUT2D eigenvalue weighted by molar-refractivity contribution is 5.82. The van der Waals surface area contributed by atoms with Crippen LogP contribution < -0.4 is 0 Å². The minimum atomic E-state index is -0.726. The van der Waals surface area contributed by atoms with Gasteiger partial charge in [-0.15, -0.1) is 0 Å². The molecule has 0 aromatic rings. The zero-order chi connectivity index (χ0) is 10.9. The monoisotopic (exact) mass is 210 g/mol. The first-order chi connectivity index (χ1) is 7.30. The molecular formula is C13H22O2. The second kappa shape index (κ2) is 7.63. The largest absolute Gasteiger partial charge is 0.385 e. The van der Waals surface area contributed by atoms with E-state index < -0.39 is 6.10 Å². The molecule has 0 aliphatic heterocycles.